The van der Waals surface area contributed by atoms with Crippen LogP contribution in [-0.2, 0) is 14.3 Å². The molecule has 0 radical (unpaired) electrons. The Bertz CT molecular complexity index is 717. The van der Waals surface area contributed by atoms with Crippen LogP contribution in [0.2, 0.25) is 0 Å². The van der Waals surface area contributed by atoms with Crippen molar-refractivity contribution in [1.82, 2.24) is 9.80 Å². The second-order valence-electron chi connectivity index (χ2n) is 6.75. The van der Waals surface area contributed by atoms with Crippen molar-refractivity contribution in [2.75, 3.05) is 38.1 Å². The van der Waals surface area contributed by atoms with Crippen LogP contribution in [0.5, 0.6) is 0 Å². The van der Waals surface area contributed by atoms with Crippen molar-refractivity contribution in [3.8, 4) is 0 Å². The van der Waals surface area contributed by atoms with Crippen LogP contribution in [0.4, 0.5) is 18.9 Å². The number of halogens is 3. The van der Waals surface area contributed by atoms with Gasteiger partial charge in [0.1, 0.15) is 6.10 Å². The number of carbonyl (C=O) groups is 2. The van der Waals surface area contributed by atoms with Crippen LogP contribution >= 0.6 is 0 Å². The molecule has 0 saturated carbocycles. The first-order chi connectivity index (χ1) is 12.9. The smallest absolute Gasteiger partial charge is 0.251 e. The Kier molecular flexibility index (Phi) is 6.01. The fourth-order valence-corrected chi connectivity index (χ4v) is 3.33. The zero-order valence-electron chi connectivity index (χ0n) is 15.0. The number of benzene rings is 1. The number of amides is 2. The van der Waals surface area contributed by atoms with Gasteiger partial charge in [0.2, 0.25) is 5.91 Å². The molecule has 27 heavy (non-hydrogen) atoms. The highest BCUT2D eigenvalue weighted by molar-refractivity contribution is 5.94. The molecule has 2 saturated heterocycles. The van der Waals surface area contributed by atoms with E-state index in [2.05, 4.69) is 5.32 Å². The first kappa shape index (κ1) is 19.6. The monoisotopic (exact) mass is 385 g/mol. The lowest BCUT2D eigenvalue weighted by Crippen LogP contribution is -2.55. The summed E-state index contributed by atoms with van der Waals surface area (Å²) in [5.41, 5.74) is -0.405. The van der Waals surface area contributed by atoms with E-state index in [0.29, 0.717) is 32.8 Å². The summed E-state index contributed by atoms with van der Waals surface area (Å²) in [6.45, 7) is 4.14. The molecule has 1 aromatic rings. The average Bonchev–Trinajstić information content (AvgIpc) is 3.22. The molecule has 2 aliphatic heterocycles. The third-order valence-corrected chi connectivity index (χ3v) is 5.05. The molecular formula is C18H22F3N3O3. The molecular weight excluding hydrogens is 363 g/mol. The zero-order valence-corrected chi connectivity index (χ0v) is 15.0. The molecule has 2 amide bonds. The van der Waals surface area contributed by atoms with Crippen molar-refractivity contribution in [2.24, 2.45) is 0 Å². The largest absolute Gasteiger partial charge is 0.368 e. The Hall–Kier alpha value is -2.13. The van der Waals surface area contributed by atoms with Gasteiger partial charge in [-0.3, -0.25) is 14.5 Å². The highest BCUT2D eigenvalue weighted by atomic mass is 19.2. The SMILES string of the molecule is C[C@@H](C(=O)Nc1ccc(F)c(F)c1F)N1CCN(C(=O)[C@@H]2CCCO2)CC1. The number of piperazine rings is 1. The molecule has 0 aliphatic carbocycles. The van der Waals surface area contributed by atoms with Gasteiger partial charge in [-0.1, -0.05) is 0 Å². The number of hydrogen-bond acceptors (Lipinski definition) is 4. The van der Waals surface area contributed by atoms with Gasteiger partial charge < -0.3 is 15.0 Å². The Labute approximate surface area is 155 Å². The molecule has 0 bridgehead atoms. The third kappa shape index (κ3) is 4.24. The van der Waals surface area contributed by atoms with Crippen LogP contribution in [0.25, 0.3) is 0 Å². The number of carbonyl (C=O) groups excluding carboxylic acids is 2. The summed E-state index contributed by atoms with van der Waals surface area (Å²) in [7, 11) is 0. The summed E-state index contributed by atoms with van der Waals surface area (Å²) in [5.74, 6) is -4.92. The van der Waals surface area contributed by atoms with Gasteiger partial charge in [-0.05, 0) is 31.9 Å². The maximum Gasteiger partial charge on any atom is 0.251 e. The Balaban J connectivity index is 1.54. The summed E-state index contributed by atoms with van der Waals surface area (Å²) >= 11 is 0. The van der Waals surface area contributed by atoms with Gasteiger partial charge in [0.05, 0.1) is 11.7 Å². The second kappa shape index (κ2) is 8.26. The van der Waals surface area contributed by atoms with Crippen molar-refractivity contribution in [2.45, 2.75) is 31.9 Å². The lowest BCUT2D eigenvalue weighted by Gasteiger charge is -2.38. The minimum absolute atomic E-state index is 0.0203. The highest BCUT2D eigenvalue weighted by Gasteiger charge is 2.32. The van der Waals surface area contributed by atoms with E-state index in [9.17, 15) is 22.8 Å². The predicted octanol–water partition coefficient (Wildman–Crippen LogP) is 1.75. The number of rotatable bonds is 4. The zero-order chi connectivity index (χ0) is 19.6. The number of hydrogen-bond donors (Lipinski definition) is 1. The van der Waals surface area contributed by atoms with Crippen LogP contribution in [0.15, 0.2) is 12.1 Å². The molecule has 148 valence electrons. The van der Waals surface area contributed by atoms with E-state index in [1.807, 2.05) is 4.90 Å². The van der Waals surface area contributed by atoms with Crippen molar-refractivity contribution in [1.29, 1.82) is 0 Å². The number of anilines is 1. The van der Waals surface area contributed by atoms with E-state index in [1.54, 1.807) is 11.8 Å². The molecule has 0 spiro atoms. The summed E-state index contributed by atoms with van der Waals surface area (Å²) in [5, 5.41) is 2.29. The topological polar surface area (TPSA) is 61.9 Å². The quantitative estimate of drug-likeness (QED) is 0.803. The van der Waals surface area contributed by atoms with Crippen molar-refractivity contribution >= 4 is 17.5 Å². The fourth-order valence-electron chi connectivity index (χ4n) is 3.33. The molecule has 1 N–H and O–H groups in total. The second-order valence-corrected chi connectivity index (χ2v) is 6.75. The number of ether oxygens (including phenoxy) is 1. The fraction of sp³-hybridized carbons (Fsp3) is 0.556. The van der Waals surface area contributed by atoms with Gasteiger partial charge >= 0.3 is 0 Å². The van der Waals surface area contributed by atoms with E-state index < -0.39 is 35.1 Å². The van der Waals surface area contributed by atoms with E-state index in [0.717, 1.165) is 25.0 Å². The van der Waals surface area contributed by atoms with Gasteiger partial charge in [-0.15, -0.1) is 0 Å². The summed E-state index contributed by atoms with van der Waals surface area (Å²) in [4.78, 5) is 28.3. The predicted molar refractivity (Wildman–Crippen MR) is 91.5 cm³/mol. The Morgan fingerprint density at radius 3 is 2.48 bits per heavy atom. The van der Waals surface area contributed by atoms with Crippen molar-refractivity contribution in [3.05, 3.63) is 29.6 Å². The van der Waals surface area contributed by atoms with Crippen molar-refractivity contribution in [3.63, 3.8) is 0 Å². The normalized spacial score (nSPS) is 21.9. The van der Waals surface area contributed by atoms with E-state index in [-0.39, 0.29) is 12.0 Å². The Morgan fingerprint density at radius 1 is 1.15 bits per heavy atom. The first-order valence-corrected chi connectivity index (χ1v) is 8.97. The standard InChI is InChI=1S/C18H22F3N3O3/c1-11(17(25)22-13-5-4-12(19)15(20)16(13)21)23-6-8-24(9-7-23)18(26)14-3-2-10-27-14/h4-5,11,14H,2-3,6-10H2,1H3,(H,22,25)/t11-,14-/m0/s1. The third-order valence-electron chi connectivity index (χ3n) is 5.05. The minimum atomic E-state index is -1.62. The van der Waals surface area contributed by atoms with Crippen LogP contribution in [0.1, 0.15) is 19.8 Å². The van der Waals surface area contributed by atoms with E-state index in [1.165, 1.54) is 0 Å². The molecule has 2 atom stereocenters. The maximum atomic E-state index is 13.7. The number of nitrogens with zero attached hydrogens (tertiary/aromatic N) is 2. The van der Waals surface area contributed by atoms with Gasteiger partial charge in [0.15, 0.2) is 17.5 Å². The molecule has 1 aromatic carbocycles. The van der Waals surface area contributed by atoms with E-state index in [4.69, 9.17) is 4.74 Å². The van der Waals surface area contributed by atoms with Crippen LogP contribution in [0.3, 0.4) is 0 Å². The molecule has 2 aliphatic rings. The lowest BCUT2D eigenvalue weighted by molar-refractivity contribution is -0.143. The molecule has 0 aromatic heterocycles. The van der Waals surface area contributed by atoms with Gasteiger partial charge in [0.25, 0.3) is 5.91 Å². The maximum absolute atomic E-state index is 13.7. The first-order valence-electron chi connectivity index (χ1n) is 8.97. The van der Waals surface area contributed by atoms with E-state index >= 15 is 0 Å². The molecule has 6 nitrogen and oxygen atoms in total. The van der Waals surface area contributed by atoms with Crippen molar-refractivity contribution < 1.29 is 27.5 Å². The highest BCUT2D eigenvalue weighted by Crippen LogP contribution is 2.21. The summed E-state index contributed by atoms with van der Waals surface area (Å²) in [6.07, 6.45) is 1.25. The van der Waals surface area contributed by atoms with Crippen LogP contribution in [-0.4, -0.2) is 66.5 Å². The average molecular weight is 385 g/mol. The van der Waals surface area contributed by atoms with Gasteiger partial charge in [0, 0.05) is 32.8 Å². The van der Waals surface area contributed by atoms with Gasteiger partial charge in [-0.25, -0.2) is 13.2 Å². The Morgan fingerprint density at radius 2 is 1.85 bits per heavy atom. The molecule has 9 heteroatoms. The molecule has 0 unspecified atom stereocenters. The van der Waals surface area contributed by atoms with Crippen LogP contribution in [0, 0.1) is 17.5 Å². The lowest BCUT2D eigenvalue weighted by atomic mass is 10.1. The van der Waals surface area contributed by atoms with Gasteiger partial charge in [-0.2, -0.15) is 0 Å². The van der Waals surface area contributed by atoms with Crippen LogP contribution < -0.4 is 5.32 Å². The summed E-state index contributed by atoms with van der Waals surface area (Å²) < 4.78 is 45.4. The molecule has 3 rings (SSSR count). The molecule has 2 heterocycles. The minimum Gasteiger partial charge on any atom is -0.368 e. The molecule has 2 fully saturated rings. The number of nitrogens with one attached hydrogen (secondary N) is 1. The summed E-state index contributed by atoms with van der Waals surface area (Å²) in [6, 6.07) is 1.13.